The number of amides is 1. The Hall–Kier alpha value is -2.15. The molecule has 6 nitrogen and oxygen atoms in total. The fourth-order valence-electron chi connectivity index (χ4n) is 4.18. The molecular weight excluding hydrogens is 340 g/mol. The van der Waals surface area contributed by atoms with Gasteiger partial charge in [0.2, 0.25) is 0 Å². The maximum atomic E-state index is 13.1. The first-order valence-corrected chi connectivity index (χ1v) is 9.49. The molecule has 2 aromatic rings. The number of hydrogen-bond donors (Lipinski definition) is 1. The number of furan rings is 1. The molecule has 2 aliphatic rings. The number of hydrogen-bond acceptors (Lipinski definition) is 5. The zero-order valence-corrected chi connectivity index (χ0v) is 14.8. The minimum atomic E-state index is -0.915. The number of carboxylic acid groups (broad SMARTS) is 1. The van der Waals surface area contributed by atoms with E-state index in [9.17, 15) is 14.7 Å². The monoisotopic (exact) mass is 360 g/mol. The van der Waals surface area contributed by atoms with Crippen LogP contribution >= 0.6 is 11.3 Å². The van der Waals surface area contributed by atoms with Crippen LogP contribution in [0.15, 0.2) is 22.1 Å². The summed E-state index contributed by atoms with van der Waals surface area (Å²) in [4.78, 5) is 30.7. The number of nitrogens with zero attached hydrogens (tertiary/aromatic N) is 2. The predicted molar refractivity (Wildman–Crippen MR) is 92.5 cm³/mol. The normalized spacial score (nSPS) is 25.8. The first kappa shape index (κ1) is 16.3. The number of rotatable bonds is 3. The molecule has 25 heavy (non-hydrogen) atoms. The smallest absolute Gasteiger partial charge is 0.326 e. The summed E-state index contributed by atoms with van der Waals surface area (Å²) in [6, 6.07) is 0.967. The van der Waals surface area contributed by atoms with E-state index >= 15 is 0 Å². The standard InChI is InChI=1S/C18H20N2O4S/c1-10-19-13(9-25-10)16-7-12(8-24-16)17(21)20-14-5-3-2-4-11(14)6-15(20)18(22)23/h7-9,11,14-15H,2-6H2,1H3,(H,22,23)/t11-,14+,15+/m1/s1. The van der Waals surface area contributed by atoms with E-state index in [-0.39, 0.29) is 11.9 Å². The van der Waals surface area contributed by atoms with Crippen LogP contribution in [-0.2, 0) is 4.79 Å². The number of thiazole rings is 1. The molecule has 3 atom stereocenters. The van der Waals surface area contributed by atoms with E-state index in [4.69, 9.17) is 4.42 Å². The van der Waals surface area contributed by atoms with Crippen LogP contribution in [0.4, 0.5) is 0 Å². The Kier molecular flexibility index (Phi) is 4.11. The molecule has 0 bridgehead atoms. The molecule has 2 aromatic heterocycles. The highest BCUT2D eigenvalue weighted by Gasteiger charge is 2.47. The van der Waals surface area contributed by atoms with Crippen molar-refractivity contribution in [3.8, 4) is 11.5 Å². The van der Waals surface area contributed by atoms with Crippen LogP contribution in [0.5, 0.6) is 0 Å². The second-order valence-corrected chi connectivity index (χ2v) is 7.93. The molecule has 0 aromatic carbocycles. The van der Waals surface area contributed by atoms with E-state index in [0.29, 0.717) is 29.4 Å². The van der Waals surface area contributed by atoms with Gasteiger partial charge < -0.3 is 14.4 Å². The van der Waals surface area contributed by atoms with Crippen molar-refractivity contribution in [2.45, 2.75) is 51.1 Å². The van der Waals surface area contributed by atoms with Crippen molar-refractivity contribution in [3.05, 3.63) is 28.3 Å². The van der Waals surface area contributed by atoms with Gasteiger partial charge in [0.15, 0.2) is 5.76 Å². The second kappa shape index (κ2) is 6.29. The summed E-state index contributed by atoms with van der Waals surface area (Å²) >= 11 is 1.52. The summed E-state index contributed by atoms with van der Waals surface area (Å²) < 4.78 is 5.53. The highest BCUT2D eigenvalue weighted by atomic mass is 32.1. The summed E-state index contributed by atoms with van der Waals surface area (Å²) in [5, 5.41) is 12.4. The van der Waals surface area contributed by atoms with Gasteiger partial charge in [0.25, 0.3) is 5.91 Å². The van der Waals surface area contributed by atoms with Crippen molar-refractivity contribution < 1.29 is 19.1 Å². The fourth-order valence-corrected chi connectivity index (χ4v) is 4.78. The van der Waals surface area contributed by atoms with Crippen LogP contribution in [-0.4, -0.2) is 39.0 Å². The third-order valence-corrected chi connectivity index (χ3v) is 6.10. The maximum Gasteiger partial charge on any atom is 0.326 e. The molecule has 7 heteroatoms. The van der Waals surface area contributed by atoms with Crippen LogP contribution in [0, 0.1) is 12.8 Å². The number of carbonyl (C=O) groups is 2. The van der Waals surface area contributed by atoms with Crippen molar-refractivity contribution in [2.75, 3.05) is 0 Å². The topological polar surface area (TPSA) is 83.6 Å². The third kappa shape index (κ3) is 2.86. The number of fused-ring (bicyclic) bond motifs is 1. The maximum absolute atomic E-state index is 13.1. The van der Waals surface area contributed by atoms with Gasteiger partial charge in [-0.3, -0.25) is 4.79 Å². The predicted octanol–water partition coefficient (Wildman–Crippen LogP) is 3.57. The Morgan fingerprint density at radius 3 is 2.88 bits per heavy atom. The van der Waals surface area contributed by atoms with Crippen molar-refractivity contribution in [2.24, 2.45) is 5.92 Å². The van der Waals surface area contributed by atoms with Gasteiger partial charge in [0.1, 0.15) is 18.0 Å². The zero-order chi connectivity index (χ0) is 17.6. The molecule has 132 valence electrons. The third-order valence-electron chi connectivity index (χ3n) is 5.33. The van der Waals surface area contributed by atoms with Crippen molar-refractivity contribution in [1.29, 1.82) is 0 Å². The lowest BCUT2D eigenvalue weighted by atomic mass is 9.84. The van der Waals surface area contributed by atoms with E-state index in [1.807, 2.05) is 12.3 Å². The summed E-state index contributed by atoms with van der Waals surface area (Å²) in [6.07, 6.45) is 6.03. The van der Waals surface area contributed by atoms with E-state index < -0.39 is 12.0 Å². The molecule has 1 aliphatic carbocycles. The summed E-state index contributed by atoms with van der Waals surface area (Å²) in [5.41, 5.74) is 1.10. The number of likely N-dealkylation sites (tertiary alicyclic amines) is 1. The molecule has 0 spiro atoms. The van der Waals surface area contributed by atoms with Crippen molar-refractivity contribution >= 4 is 23.2 Å². The van der Waals surface area contributed by atoms with Crippen LogP contribution < -0.4 is 0 Å². The Balaban J connectivity index is 1.62. The van der Waals surface area contributed by atoms with Gasteiger partial charge in [-0.05, 0) is 38.2 Å². The average Bonchev–Trinajstić information content (AvgIpc) is 3.31. The molecule has 1 amide bonds. The first-order valence-electron chi connectivity index (χ1n) is 8.61. The van der Waals surface area contributed by atoms with Crippen LogP contribution in [0.25, 0.3) is 11.5 Å². The highest BCUT2D eigenvalue weighted by Crippen LogP contribution is 2.40. The largest absolute Gasteiger partial charge is 0.480 e. The molecule has 1 aliphatic heterocycles. The summed E-state index contributed by atoms with van der Waals surface area (Å²) in [7, 11) is 0. The fraction of sp³-hybridized carbons (Fsp3) is 0.500. The molecule has 1 saturated heterocycles. The average molecular weight is 360 g/mol. The van der Waals surface area contributed by atoms with Gasteiger partial charge in [-0.2, -0.15) is 0 Å². The Morgan fingerprint density at radius 2 is 2.16 bits per heavy atom. The number of carboxylic acids is 1. The van der Waals surface area contributed by atoms with Gasteiger partial charge in [0.05, 0.1) is 10.6 Å². The summed E-state index contributed by atoms with van der Waals surface area (Å²) in [5.74, 6) is -0.323. The van der Waals surface area contributed by atoms with E-state index in [1.54, 1.807) is 11.0 Å². The first-order chi connectivity index (χ1) is 12.0. The van der Waals surface area contributed by atoms with Gasteiger partial charge in [-0.25, -0.2) is 9.78 Å². The Bertz CT molecular complexity index is 812. The molecule has 0 radical (unpaired) electrons. The molecule has 4 rings (SSSR count). The number of aromatic nitrogens is 1. The molecule has 0 unspecified atom stereocenters. The van der Waals surface area contributed by atoms with Gasteiger partial charge >= 0.3 is 5.97 Å². The van der Waals surface area contributed by atoms with Crippen molar-refractivity contribution in [3.63, 3.8) is 0 Å². The minimum absolute atomic E-state index is 0.0298. The molecule has 3 heterocycles. The summed E-state index contributed by atoms with van der Waals surface area (Å²) in [6.45, 7) is 1.91. The van der Waals surface area contributed by atoms with Gasteiger partial charge in [-0.15, -0.1) is 11.3 Å². The van der Waals surface area contributed by atoms with Crippen LogP contribution in [0.3, 0.4) is 0 Å². The molecular formula is C18H20N2O4S. The van der Waals surface area contributed by atoms with E-state index in [0.717, 1.165) is 30.7 Å². The van der Waals surface area contributed by atoms with Crippen LogP contribution in [0.2, 0.25) is 0 Å². The van der Waals surface area contributed by atoms with Gasteiger partial charge in [0, 0.05) is 11.4 Å². The van der Waals surface area contributed by atoms with Crippen molar-refractivity contribution in [1.82, 2.24) is 9.88 Å². The highest BCUT2D eigenvalue weighted by molar-refractivity contribution is 7.09. The van der Waals surface area contributed by atoms with Crippen LogP contribution in [0.1, 0.15) is 47.5 Å². The molecule has 1 N–H and O–H groups in total. The number of carbonyl (C=O) groups excluding carboxylic acids is 1. The lowest BCUT2D eigenvalue weighted by Crippen LogP contribution is -2.46. The quantitative estimate of drug-likeness (QED) is 0.905. The zero-order valence-electron chi connectivity index (χ0n) is 14.0. The van der Waals surface area contributed by atoms with E-state index in [1.165, 1.54) is 17.6 Å². The van der Waals surface area contributed by atoms with E-state index in [2.05, 4.69) is 4.98 Å². The number of aliphatic carboxylic acids is 1. The molecule has 2 fully saturated rings. The lowest BCUT2D eigenvalue weighted by molar-refractivity contribution is -0.141. The SMILES string of the molecule is Cc1nc(-c2cc(C(=O)N3[C@H](C(=O)O)C[C@H]4CCCC[C@@H]43)co2)cs1. The van der Waals surface area contributed by atoms with Gasteiger partial charge in [-0.1, -0.05) is 12.8 Å². The second-order valence-electron chi connectivity index (χ2n) is 6.87. The lowest BCUT2D eigenvalue weighted by Gasteiger charge is -2.32. The Labute approximate surface area is 149 Å². The minimum Gasteiger partial charge on any atom is -0.480 e. The Morgan fingerprint density at radius 1 is 1.36 bits per heavy atom. The molecule has 1 saturated carbocycles. The number of aryl methyl sites for hydroxylation is 1.